The number of ether oxygens (including phenoxy) is 3. The van der Waals surface area contributed by atoms with E-state index in [0.717, 1.165) is 5.56 Å². The first kappa shape index (κ1) is 19.4. The summed E-state index contributed by atoms with van der Waals surface area (Å²) >= 11 is 0. The maximum absolute atomic E-state index is 13.5. The second-order valence-electron chi connectivity index (χ2n) is 6.17. The molecule has 7 heteroatoms. The maximum atomic E-state index is 13.5. The van der Waals surface area contributed by atoms with E-state index in [1.165, 1.54) is 19.2 Å². The van der Waals surface area contributed by atoms with Gasteiger partial charge in [0.05, 0.1) is 32.4 Å². The van der Waals surface area contributed by atoms with Gasteiger partial charge in [-0.15, -0.1) is 0 Å². The summed E-state index contributed by atoms with van der Waals surface area (Å²) in [5.74, 6) is 0.946. The van der Waals surface area contributed by atoms with Crippen molar-refractivity contribution >= 4 is 16.8 Å². The van der Waals surface area contributed by atoms with Crippen LogP contribution in [0, 0.1) is 12.7 Å². The monoisotopic (exact) mass is 384 g/mol. The minimum Gasteiger partial charge on any atom is -0.496 e. The van der Waals surface area contributed by atoms with Crippen LogP contribution in [-0.2, 0) is 6.54 Å². The summed E-state index contributed by atoms with van der Waals surface area (Å²) in [7, 11) is 4.62. The van der Waals surface area contributed by atoms with Crippen LogP contribution in [0.15, 0.2) is 36.4 Å². The summed E-state index contributed by atoms with van der Waals surface area (Å²) in [6, 6.07) is 9.33. The topological polar surface area (TPSA) is 69.7 Å². The highest BCUT2D eigenvalue weighted by Gasteiger charge is 2.16. The molecule has 0 radical (unpaired) electrons. The Morgan fingerprint density at radius 1 is 1.00 bits per heavy atom. The molecular formula is C21H21FN2O4. The molecule has 0 unspecified atom stereocenters. The number of methoxy groups -OCH3 is 3. The predicted molar refractivity (Wildman–Crippen MR) is 104 cm³/mol. The van der Waals surface area contributed by atoms with Crippen molar-refractivity contribution in [3.05, 3.63) is 59.0 Å². The van der Waals surface area contributed by atoms with Gasteiger partial charge in [0.2, 0.25) is 0 Å². The second kappa shape index (κ2) is 8.12. The van der Waals surface area contributed by atoms with Crippen LogP contribution in [0.2, 0.25) is 0 Å². The lowest BCUT2D eigenvalue weighted by Gasteiger charge is -2.15. The molecule has 0 spiro atoms. The van der Waals surface area contributed by atoms with Crippen LogP contribution in [0.5, 0.6) is 17.2 Å². The molecule has 2 aromatic carbocycles. The number of aromatic nitrogens is 1. The summed E-state index contributed by atoms with van der Waals surface area (Å²) < 4.78 is 29.5. The Morgan fingerprint density at radius 3 is 2.36 bits per heavy atom. The van der Waals surface area contributed by atoms with Gasteiger partial charge in [0.25, 0.3) is 5.91 Å². The molecule has 3 rings (SSSR count). The van der Waals surface area contributed by atoms with Crippen LogP contribution in [0.25, 0.3) is 10.9 Å². The number of hydrogen-bond acceptors (Lipinski definition) is 5. The zero-order chi connectivity index (χ0) is 20.3. The Balaban J connectivity index is 1.90. The van der Waals surface area contributed by atoms with Gasteiger partial charge in [0.1, 0.15) is 11.6 Å². The summed E-state index contributed by atoms with van der Waals surface area (Å²) in [4.78, 5) is 17.1. The first-order chi connectivity index (χ1) is 13.5. The van der Waals surface area contributed by atoms with Gasteiger partial charge >= 0.3 is 0 Å². The number of fused-ring (bicyclic) bond motifs is 1. The standard InChI is InChI=1S/C21H21FN2O4/c1-12-7-16(15-6-5-14(22)9-17(15)24-12)21(25)23-11-13-8-19(27-3)20(28-4)10-18(13)26-2/h5-10H,11H2,1-4H3,(H,23,25). The van der Waals surface area contributed by atoms with Crippen molar-refractivity contribution in [3.8, 4) is 17.2 Å². The quantitative estimate of drug-likeness (QED) is 0.703. The van der Waals surface area contributed by atoms with E-state index < -0.39 is 5.82 Å². The second-order valence-corrected chi connectivity index (χ2v) is 6.17. The van der Waals surface area contributed by atoms with Gasteiger partial charge < -0.3 is 19.5 Å². The Morgan fingerprint density at radius 2 is 1.68 bits per heavy atom. The van der Waals surface area contributed by atoms with Crippen molar-refractivity contribution in [2.24, 2.45) is 0 Å². The summed E-state index contributed by atoms with van der Waals surface area (Å²) in [6.07, 6.45) is 0. The molecule has 1 aromatic heterocycles. The number of hydrogen-bond donors (Lipinski definition) is 1. The first-order valence-electron chi connectivity index (χ1n) is 8.60. The molecule has 6 nitrogen and oxygen atoms in total. The molecule has 1 amide bonds. The van der Waals surface area contributed by atoms with Crippen LogP contribution >= 0.6 is 0 Å². The maximum Gasteiger partial charge on any atom is 0.252 e. The number of aryl methyl sites for hydroxylation is 1. The number of nitrogens with one attached hydrogen (secondary N) is 1. The number of carbonyl (C=O) groups excluding carboxylic acids is 1. The Hall–Kier alpha value is -3.35. The molecule has 0 aliphatic rings. The van der Waals surface area contributed by atoms with E-state index in [1.807, 2.05) is 0 Å². The van der Waals surface area contributed by atoms with Crippen molar-refractivity contribution < 1.29 is 23.4 Å². The number of halogens is 1. The SMILES string of the molecule is COc1cc(OC)c(OC)cc1CNC(=O)c1cc(C)nc2cc(F)ccc12. The molecule has 0 saturated heterocycles. The zero-order valence-electron chi connectivity index (χ0n) is 16.1. The van der Waals surface area contributed by atoms with Crippen molar-refractivity contribution in [3.63, 3.8) is 0 Å². The van der Waals surface area contributed by atoms with Crippen molar-refractivity contribution in [2.45, 2.75) is 13.5 Å². The minimum atomic E-state index is -0.396. The fourth-order valence-electron chi connectivity index (χ4n) is 3.02. The van der Waals surface area contributed by atoms with Crippen LogP contribution in [0.4, 0.5) is 4.39 Å². The Kier molecular flexibility index (Phi) is 5.63. The van der Waals surface area contributed by atoms with Gasteiger partial charge in [-0.25, -0.2) is 4.39 Å². The van der Waals surface area contributed by atoms with Gasteiger partial charge in [0, 0.05) is 35.3 Å². The van der Waals surface area contributed by atoms with Gasteiger partial charge in [0.15, 0.2) is 11.5 Å². The molecule has 1 N–H and O–H groups in total. The van der Waals surface area contributed by atoms with Crippen molar-refractivity contribution in [1.29, 1.82) is 0 Å². The Bertz CT molecular complexity index is 1030. The van der Waals surface area contributed by atoms with E-state index in [4.69, 9.17) is 14.2 Å². The number of nitrogens with zero attached hydrogens (tertiary/aromatic N) is 1. The molecule has 3 aromatic rings. The summed E-state index contributed by atoms with van der Waals surface area (Å²) in [5.41, 5.74) is 2.23. The van der Waals surface area contributed by atoms with Crippen molar-refractivity contribution in [2.75, 3.05) is 21.3 Å². The van der Waals surface area contributed by atoms with E-state index in [0.29, 0.717) is 39.4 Å². The lowest BCUT2D eigenvalue weighted by atomic mass is 10.1. The molecule has 0 fully saturated rings. The number of carbonyl (C=O) groups is 1. The molecule has 0 atom stereocenters. The third-order valence-corrected chi connectivity index (χ3v) is 4.37. The van der Waals surface area contributed by atoms with E-state index in [-0.39, 0.29) is 12.5 Å². The van der Waals surface area contributed by atoms with Gasteiger partial charge in [-0.05, 0) is 31.2 Å². The minimum absolute atomic E-state index is 0.215. The molecule has 0 aliphatic carbocycles. The fourth-order valence-corrected chi connectivity index (χ4v) is 3.02. The average Bonchev–Trinajstić information content (AvgIpc) is 2.70. The molecule has 0 bridgehead atoms. The van der Waals surface area contributed by atoms with Crippen LogP contribution in [0.1, 0.15) is 21.6 Å². The normalized spacial score (nSPS) is 10.6. The fraction of sp³-hybridized carbons (Fsp3) is 0.238. The molecule has 146 valence electrons. The number of amides is 1. The van der Waals surface area contributed by atoms with E-state index in [2.05, 4.69) is 10.3 Å². The van der Waals surface area contributed by atoms with Crippen LogP contribution < -0.4 is 19.5 Å². The lowest BCUT2D eigenvalue weighted by Crippen LogP contribution is -2.23. The highest BCUT2D eigenvalue weighted by Crippen LogP contribution is 2.34. The Labute approximate surface area is 162 Å². The van der Waals surface area contributed by atoms with E-state index >= 15 is 0 Å². The highest BCUT2D eigenvalue weighted by atomic mass is 19.1. The van der Waals surface area contributed by atoms with Crippen LogP contribution in [0.3, 0.4) is 0 Å². The molecule has 0 aliphatic heterocycles. The third kappa shape index (κ3) is 3.83. The zero-order valence-corrected chi connectivity index (χ0v) is 16.1. The molecular weight excluding hydrogens is 363 g/mol. The highest BCUT2D eigenvalue weighted by molar-refractivity contribution is 6.06. The van der Waals surface area contributed by atoms with Crippen LogP contribution in [-0.4, -0.2) is 32.2 Å². The van der Waals surface area contributed by atoms with Gasteiger partial charge in [-0.1, -0.05) is 0 Å². The predicted octanol–water partition coefficient (Wildman–Crippen LogP) is 3.64. The van der Waals surface area contributed by atoms with Crippen molar-refractivity contribution in [1.82, 2.24) is 10.3 Å². The number of pyridine rings is 1. The lowest BCUT2D eigenvalue weighted by molar-refractivity contribution is 0.0952. The van der Waals surface area contributed by atoms with Gasteiger partial charge in [-0.3, -0.25) is 9.78 Å². The largest absolute Gasteiger partial charge is 0.496 e. The number of rotatable bonds is 6. The first-order valence-corrected chi connectivity index (χ1v) is 8.60. The molecule has 28 heavy (non-hydrogen) atoms. The summed E-state index contributed by atoms with van der Waals surface area (Å²) in [5, 5.41) is 3.46. The summed E-state index contributed by atoms with van der Waals surface area (Å²) in [6.45, 7) is 1.98. The third-order valence-electron chi connectivity index (χ3n) is 4.37. The van der Waals surface area contributed by atoms with E-state index in [9.17, 15) is 9.18 Å². The molecule has 1 heterocycles. The number of benzene rings is 2. The smallest absolute Gasteiger partial charge is 0.252 e. The van der Waals surface area contributed by atoms with E-state index in [1.54, 1.807) is 45.4 Å². The van der Waals surface area contributed by atoms with Gasteiger partial charge in [-0.2, -0.15) is 0 Å². The molecule has 0 saturated carbocycles. The average molecular weight is 384 g/mol.